The van der Waals surface area contributed by atoms with Gasteiger partial charge in [0.25, 0.3) is 0 Å². The fraction of sp³-hybridized carbons (Fsp3) is 0.214. The van der Waals surface area contributed by atoms with Crippen LogP contribution in [-0.4, -0.2) is 11.5 Å². The van der Waals surface area contributed by atoms with Gasteiger partial charge >= 0.3 is 0 Å². The van der Waals surface area contributed by atoms with Crippen LogP contribution in [0.3, 0.4) is 0 Å². The molecule has 2 rings (SSSR count). The highest BCUT2D eigenvalue weighted by molar-refractivity contribution is 9.10. The second-order valence-electron chi connectivity index (χ2n) is 4.07. The highest BCUT2D eigenvalue weighted by Gasteiger charge is 2.02. The Balaban J connectivity index is 2.17. The maximum Gasteiger partial charge on any atom is 0.146 e. The van der Waals surface area contributed by atoms with Crippen molar-refractivity contribution in [2.75, 3.05) is 6.54 Å². The highest BCUT2D eigenvalue weighted by atomic mass is 79.9. The van der Waals surface area contributed by atoms with E-state index in [1.165, 1.54) is 11.1 Å². The van der Waals surface area contributed by atoms with Crippen LogP contribution in [0.4, 0.5) is 0 Å². The molecule has 0 atom stereocenters. The molecule has 4 heteroatoms. The van der Waals surface area contributed by atoms with E-state index in [4.69, 9.17) is 10.5 Å². The molecule has 0 spiro atoms. The van der Waals surface area contributed by atoms with E-state index in [-0.39, 0.29) is 0 Å². The van der Waals surface area contributed by atoms with Gasteiger partial charge in [0.1, 0.15) is 11.5 Å². The van der Waals surface area contributed by atoms with Gasteiger partial charge in [-0.1, -0.05) is 6.07 Å². The summed E-state index contributed by atoms with van der Waals surface area (Å²) in [5.41, 5.74) is 8.02. The number of nitrogens with zero attached hydrogens (tertiary/aromatic N) is 1. The van der Waals surface area contributed by atoms with Gasteiger partial charge in [0.2, 0.25) is 0 Å². The molecule has 0 saturated heterocycles. The number of hydrogen-bond acceptors (Lipinski definition) is 3. The van der Waals surface area contributed by atoms with Crippen molar-refractivity contribution in [3.8, 4) is 11.5 Å². The molecule has 0 aliphatic heterocycles. The third kappa shape index (κ3) is 3.31. The number of hydrogen-bond donors (Lipinski definition) is 1. The van der Waals surface area contributed by atoms with Gasteiger partial charge in [-0.3, -0.25) is 4.98 Å². The molecule has 1 aromatic heterocycles. The minimum atomic E-state index is 0.663. The predicted octanol–water partition coefficient (Wildman–Crippen LogP) is 3.45. The standard InChI is InChI=1S/C14H15BrN2O/c1-10-6-13(3-2-11(10)4-5-16)18-14-7-12(15)8-17-9-14/h2-3,6-9H,4-5,16H2,1H3. The Morgan fingerprint density at radius 1 is 1.22 bits per heavy atom. The first-order valence-electron chi connectivity index (χ1n) is 5.77. The van der Waals surface area contributed by atoms with E-state index < -0.39 is 0 Å². The van der Waals surface area contributed by atoms with E-state index in [2.05, 4.69) is 33.9 Å². The van der Waals surface area contributed by atoms with Crippen molar-refractivity contribution in [2.45, 2.75) is 13.3 Å². The molecule has 0 saturated carbocycles. The lowest BCUT2D eigenvalue weighted by molar-refractivity contribution is 0.479. The van der Waals surface area contributed by atoms with E-state index in [9.17, 15) is 0 Å². The molecule has 3 nitrogen and oxygen atoms in total. The summed E-state index contributed by atoms with van der Waals surface area (Å²) >= 11 is 3.37. The van der Waals surface area contributed by atoms with Gasteiger partial charge in [-0.25, -0.2) is 0 Å². The molecule has 1 heterocycles. The van der Waals surface area contributed by atoms with Crippen molar-refractivity contribution in [3.63, 3.8) is 0 Å². The number of halogens is 1. The lowest BCUT2D eigenvalue weighted by Crippen LogP contribution is -2.04. The molecule has 0 aliphatic rings. The number of benzene rings is 1. The average molecular weight is 307 g/mol. The SMILES string of the molecule is Cc1cc(Oc2cncc(Br)c2)ccc1CCN. The molecule has 0 radical (unpaired) electrons. The number of nitrogens with two attached hydrogens (primary N) is 1. The Morgan fingerprint density at radius 3 is 2.72 bits per heavy atom. The summed E-state index contributed by atoms with van der Waals surface area (Å²) in [5.74, 6) is 1.53. The first-order valence-corrected chi connectivity index (χ1v) is 6.56. The van der Waals surface area contributed by atoms with Gasteiger partial charge in [0.15, 0.2) is 0 Å². The number of rotatable bonds is 4. The van der Waals surface area contributed by atoms with Gasteiger partial charge in [-0.2, -0.15) is 0 Å². The zero-order chi connectivity index (χ0) is 13.0. The molecule has 0 amide bonds. The summed E-state index contributed by atoms with van der Waals surface area (Å²) in [5, 5.41) is 0. The number of ether oxygens (including phenoxy) is 1. The topological polar surface area (TPSA) is 48.1 Å². The van der Waals surface area contributed by atoms with Crippen molar-refractivity contribution < 1.29 is 4.74 Å². The van der Waals surface area contributed by atoms with Crippen LogP contribution in [0.5, 0.6) is 11.5 Å². The molecule has 94 valence electrons. The monoisotopic (exact) mass is 306 g/mol. The van der Waals surface area contributed by atoms with Gasteiger partial charge in [-0.15, -0.1) is 0 Å². The van der Waals surface area contributed by atoms with Crippen LogP contribution < -0.4 is 10.5 Å². The van der Waals surface area contributed by atoms with E-state index in [1.54, 1.807) is 12.4 Å². The van der Waals surface area contributed by atoms with E-state index in [0.29, 0.717) is 6.54 Å². The molecule has 0 fully saturated rings. The normalized spacial score (nSPS) is 10.4. The molecule has 0 bridgehead atoms. The number of aryl methyl sites for hydroxylation is 1. The fourth-order valence-corrected chi connectivity index (χ4v) is 2.10. The second kappa shape index (κ2) is 5.98. The van der Waals surface area contributed by atoms with Crippen LogP contribution in [0, 0.1) is 6.92 Å². The molecule has 0 aliphatic carbocycles. The van der Waals surface area contributed by atoms with Crippen molar-refractivity contribution >= 4 is 15.9 Å². The van der Waals surface area contributed by atoms with Crippen molar-refractivity contribution in [3.05, 3.63) is 52.3 Å². The highest BCUT2D eigenvalue weighted by Crippen LogP contribution is 2.25. The Labute approximate surface area is 115 Å². The predicted molar refractivity (Wildman–Crippen MR) is 75.9 cm³/mol. The zero-order valence-corrected chi connectivity index (χ0v) is 11.8. The van der Waals surface area contributed by atoms with Gasteiger partial charge < -0.3 is 10.5 Å². The van der Waals surface area contributed by atoms with Gasteiger partial charge in [0.05, 0.1) is 6.20 Å². The molecular formula is C14H15BrN2O. The molecule has 2 aromatic rings. The van der Waals surface area contributed by atoms with Crippen LogP contribution >= 0.6 is 15.9 Å². The lowest BCUT2D eigenvalue weighted by Gasteiger charge is -2.09. The smallest absolute Gasteiger partial charge is 0.146 e. The molecular weight excluding hydrogens is 292 g/mol. The van der Waals surface area contributed by atoms with E-state index >= 15 is 0 Å². The minimum absolute atomic E-state index is 0.663. The van der Waals surface area contributed by atoms with E-state index in [1.807, 2.05) is 18.2 Å². The Morgan fingerprint density at radius 2 is 2.06 bits per heavy atom. The zero-order valence-electron chi connectivity index (χ0n) is 10.2. The molecule has 0 unspecified atom stereocenters. The maximum absolute atomic E-state index is 5.75. The average Bonchev–Trinajstić information content (AvgIpc) is 2.33. The summed E-state index contributed by atoms with van der Waals surface area (Å²) in [6.07, 6.45) is 4.31. The summed E-state index contributed by atoms with van der Waals surface area (Å²) in [6.45, 7) is 2.73. The third-order valence-electron chi connectivity index (χ3n) is 2.64. The molecule has 2 N–H and O–H groups in total. The quantitative estimate of drug-likeness (QED) is 0.941. The molecule has 1 aromatic carbocycles. The van der Waals surface area contributed by atoms with Crippen LogP contribution in [0.1, 0.15) is 11.1 Å². The largest absolute Gasteiger partial charge is 0.456 e. The van der Waals surface area contributed by atoms with Gasteiger partial charge in [0, 0.05) is 10.7 Å². The second-order valence-corrected chi connectivity index (χ2v) is 4.98. The van der Waals surface area contributed by atoms with Crippen molar-refractivity contribution in [1.82, 2.24) is 4.98 Å². The van der Waals surface area contributed by atoms with Crippen molar-refractivity contribution in [1.29, 1.82) is 0 Å². The fourth-order valence-electron chi connectivity index (χ4n) is 1.75. The Bertz CT molecular complexity index is 543. The maximum atomic E-state index is 5.75. The van der Waals surface area contributed by atoms with Crippen molar-refractivity contribution in [2.24, 2.45) is 5.73 Å². The Hall–Kier alpha value is -1.39. The summed E-state index contributed by atoms with van der Waals surface area (Å²) in [7, 11) is 0. The lowest BCUT2D eigenvalue weighted by atomic mass is 10.1. The minimum Gasteiger partial charge on any atom is -0.456 e. The summed E-state index contributed by atoms with van der Waals surface area (Å²) < 4.78 is 6.65. The first-order chi connectivity index (χ1) is 8.69. The Kier molecular flexibility index (Phi) is 4.33. The van der Waals surface area contributed by atoms with E-state index in [0.717, 1.165) is 22.4 Å². The summed E-state index contributed by atoms with van der Waals surface area (Å²) in [6, 6.07) is 7.92. The summed E-state index contributed by atoms with van der Waals surface area (Å²) in [4.78, 5) is 4.06. The van der Waals surface area contributed by atoms with Crippen LogP contribution in [-0.2, 0) is 6.42 Å². The number of aromatic nitrogens is 1. The van der Waals surface area contributed by atoms with Gasteiger partial charge in [-0.05, 0) is 65.1 Å². The number of pyridine rings is 1. The van der Waals surface area contributed by atoms with Crippen LogP contribution in [0.25, 0.3) is 0 Å². The third-order valence-corrected chi connectivity index (χ3v) is 3.08. The van der Waals surface area contributed by atoms with Crippen LogP contribution in [0.15, 0.2) is 41.1 Å². The van der Waals surface area contributed by atoms with Crippen LogP contribution in [0.2, 0.25) is 0 Å². The molecule has 18 heavy (non-hydrogen) atoms. The first kappa shape index (κ1) is 13.1.